The minimum atomic E-state index is -3.28. The zero-order valence-corrected chi connectivity index (χ0v) is 34.0. The fourth-order valence-electron chi connectivity index (χ4n) is 7.57. The first kappa shape index (κ1) is 35.0. The van der Waals surface area contributed by atoms with Crippen LogP contribution in [0.4, 0.5) is 0 Å². The summed E-state index contributed by atoms with van der Waals surface area (Å²) in [6, 6.07) is 28.2. The van der Waals surface area contributed by atoms with Gasteiger partial charge in [-0.05, 0) is 0 Å². The summed E-state index contributed by atoms with van der Waals surface area (Å²) in [6.45, 7) is 29.3. The Balaban J connectivity index is 1.80. The van der Waals surface area contributed by atoms with Crippen LogP contribution >= 0.6 is 0 Å². The van der Waals surface area contributed by atoms with Crippen LogP contribution in [0.15, 0.2) is 72.8 Å². The first-order chi connectivity index (χ1) is 21.8. The average molecular weight is 722 g/mol. The van der Waals surface area contributed by atoms with E-state index in [0.29, 0.717) is 35.5 Å². The maximum atomic E-state index is 7.79. The molecule has 46 heavy (non-hydrogen) atoms. The van der Waals surface area contributed by atoms with Gasteiger partial charge in [-0.25, -0.2) is 0 Å². The first-order valence-corrected chi connectivity index (χ1v) is 22.6. The fourth-order valence-corrected chi connectivity index (χ4v) is 18.7. The van der Waals surface area contributed by atoms with Crippen LogP contribution in [-0.2, 0) is 3.07 Å². The third kappa shape index (κ3) is 6.79. The molecule has 5 rings (SSSR count). The molecule has 1 aliphatic rings. The van der Waals surface area contributed by atoms with Crippen LogP contribution in [-0.4, -0.2) is 26.8 Å². The topological polar surface area (TPSA) is 9.23 Å². The zero-order valence-electron chi connectivity index (χ0n) is 30.7. The summed E-state index contributed by atoms with van der Waals surface area (Å²) in [5.41, 5.74) is 14.6. The van der Waals surface area contributed by atoms with Gasteiger partial charge >= 0.3 is 290 Å². The van der Waals surface area contributed by atoms with Crippen molar-refractivity contribution in [2.45, 2.75) is 125 Å². The molecule has 1 aliphatic carbocycles. The van der Waals surface area contributed by atoms with Crippen LogP contribution in [0, 0.1) is 0 Å². The van der Waals surface area contributed by atoms with Crippen LogP contribution < -0.4 is 7.16 Å². The van der Waals surface area contributed by atoms with E-state index in [4.69, 9.17) is 3.07 Å². The fraction of sp³-hybridized carbons (Fsp3) is 0.455. The van der Waals surface area contributed by atoms with Gasteiger partial charge < -0.3 is 0 Å². The molecule has 0 heterocycles. The van der Waals surface area contributed by atoms with Gasteiger partial charge in [-0.3, -0.25) is 0 Å². The van der Waals surface area contributed by atoms with Gasteiger partial charge in [-0.15, -0.1) is 0 Å². The molecule has 0 saturated carbocycles. The molecule has 0 amide bonds. The summed E-state index contributed by atoms with van der Waals surface area (Å²) < 4.78 is 11.0. The maximum absolute atomic E-state index is 7.79. The van der Waals surface area contributed by atoms with E-state index in [2.05, 4.69) is 156 Å². The van der Waals surface area contributed by atoms with E-state index in [9.17, 15) is 0 Å². The Morgan fingerprint density at radius 1 is 0.478 bits per heavy atom. The van der Waals surface area contributed by atoms with E-state index >= 15 is 0 Å². The van der Waals surface area contributed by atoms with Gasteiger partial charge in [0.15, 0.2) is 0 Å². The predicted octanol–water partition coefficient (Wildman–Crippen LogP) is 11.1. The molecule has 0 fully saturated rings. The van der Waals surface area contributed by atoms with Gasteiger partial charge in [0.2, 0.25) is 0 Å². The summed E-state index contributed by atoms with van der Waals surface area (Å²) in [4.78, 5) is 0. The molecule has 0 spiro atoms. The number of hydrogen-bond acceptors (Lipinski definition) is 1. The standard InChI is InChI=1S/2C15H23.C14H11O.Sn.H/c2*1-10(2)13-7-14(11(3)4)9-15(8-13)12(5)6;15-9-14-12-7-3-1-5-10(12)11-6-2-4-8-13(11)14;;/h2*7-8,10-12H,1-6H3;1-8,14H,9H2;;/q;;-1;+1;. The molecule has 0 aliphatic heterocycles. The van der Waals surface area contributed by atoms with Crippen molar-refractivity contribution in [1.29, 1.82) is 0 Å². The molecular formula is C44H58OSn. The van der Waals surface area contributed by atoms with Gasteiger partial charge in [0.05, 0.1) is 0 Å². The summed E-state index contributed by atoms with van der Waals surface area (Å²) in [5, 5.41) is 0. The minimum absolute atomic E-state index is 0.256. The molecule has 0 bridgehead atoms. The van der Waals surface area contributed by atoms with Crippen molar-refractivity contribution in [3.8, 4) is 11.1 Å². The second-order valence-electron chi connectivity index (χ2n) is 15.6. The molecule has 2 heteroatoms. The first-order valence-electron chi connectivity index (χ1n) is 18.0. The Bertz CT molecular complexity index is 1490. The van der Waals surface area contributed by atoms with Gasteiger partial charge in [-0.1, -0.05) is 0 Å². The Morgan fingerprint density at radius 2 is 0.804 bits per heavy atom. The number of fused-ring (bicyclic) bond motifs is 3. The summed E-state index contributed by atoms with van der Waals surface area (Å²) in [5.74, 6) is 2.97. The number of rotatable bonds is 11. The Morgan fingerprint density at radius 3 is 1.11 bits per heavy atom. The quantitative estimate of drug-likeness (QED) is 0.140. The normalized spacial score (nSPS) is 13.4. The molecule has 244 valence electrons. The van der Waals surface area contributed by atoms with Crippen molar-refractivity contribution in [3.05, 3.63) is 117 Å². The summed E-state index contributed by atoms with van der Waals surface area (Å²) >= 11 is -3.28. The van der Waals surface area contributed by atoms with Crippen molar-refractivity contribution in [3.63, 3.8) is 0 Å². The van der Waals surface area contributed by atoms with Crippen molar-refractivity contribution in [1.82, 2.24) is 0 Å². The predicted molar refractivity (Wildman–Crippen MR) is 204 cm³/mol. The van der Waals surface area contributed by atoms with Crippen molar-refractivity contribution in [2.24, 2.45) is 0 Å². The van der Waals surface area contributed by atoms with Crippen LogP contribution in [0.5, 0.6) is 0 Å². The average Bonchev–Trinajstić information content (AvgIpc) is 3.33. The SMILES string of the molecule is CC(C)c1cc(C(C)C)[c]([SnH]([O]CC2c3ccccc3-c3ccccc32)[c]2c(C(C)C)cc(C(C)C)cc2C(C)C)c(C(C)C)c1. The van der Waals surface area contributed by atoms with Gasteiger partial charge in [-0.2, -0.15) is 0 Å². The monoisotopic (exact) mass is 722 g/mol. The second-order valence-corrected chi connectivity index (χ2v) is 22.0. The summed E-state index contributed by atoms with van der Waals surface area (Å²) in [6.07, 6.45) is 0. The molecule has 1 nitrogen and oxygen atoms in total. The van der Waals surface area contributed by atoms with E-state index in [-0.39, 0.29) is 5.92 Å². The van der Waals surface area contributed by atoms with E-state index in [0.717, 1.165) is 6.61 Å². The Hall–Kier alpha value is -2.36. The molecular weight excluding hydrogens is 663 g/mol. The molecule has 0 atom stereocenters. The van der Waals surface area contributed by atoms with Gasteiger partial charge in [0.25, 0.3) is 0 Å². The Kier molecular flexibility index (Phi) is 10.9. The van der Waals surface area contributed by atoms with Crippen molar-refractivity contribution in [2.75, 3.05) is 6.61 Å². The van der Waals surface area contributed by atoms with Crippen molar-refractivity contribution >= 4 is 27.3 Å². The molecule has 0 saturated heterocycles. The molecule has 0 radical (unpaired) electrons. The van der Waals surface area contributed by atoms with Crippen LogP contribution in [0.25, 0.3) is 11.1 Å². The van der Waals surface area contributed by atoms with E-state index < -0.39 is 20.2 Å². The molecule has 0 aromatic heterocycles. The molecule has 4 aromatic carbocycles. The van der Waals surface area contributed by atoms with E-state index in [1.807, 2.05) is 0 Å². The number of hydrogen-bond donors (Lipinski definition) is 0. The van der Waals surface area contributed by atoms with Gasteiger partial charge in [0, 0.05) is 0 Å². The van der Waals surface area contributed by atoms with Gasteiger partial charge in [0.1, 0.15) is 0 Å². The molecule has 0 unspecified atom stereocenters. The number of benzene rings is 4. The second kappa shape index (κ2) is 14.4. The molecule has 4 aromatic rings. The Labute approximate surface area is 288 Å². The molecule has 0 N–H and O–H groups in total. The van der Waals surface area contributed by atoms with E-state index in [1.54, 1.807) is 7.16 Å². The van der Waals surface area contributed by atoms with Crippen LogP contribution in [0.2, 0.25) is 0 Å². The van der Waals surface area contributed by atoms with Crippen LogP contribution in [0.3, 0.4) is 0 Å². The van der Waals surface area contributed by atoms with Crippen molar-refractivity contribution < 1.29 is 3.07 Å². The zero-order chi connectivity index (χ0) is 33.4. The third-order valence-electron chi connectivity index (χ3n) is 10.3. The van der Waals surface area contributed by atoms with E-state index in [1.165, 1.54) is 55.6 Å². The van der Waals surface area contributed by atoms with Crippen LogP contribution in [0.1, 0.15) is 169 Å². The summed E-state index contributed by atoms with van der Waals surface area (Å²) in [7, 11) is 0. The third-order valence-corrected chi connectivity index (χ3v) is 18.6.